The van der Waals surface area contributed by atoms with Gasteiger partial charge in [0, 0.05) is 18.5 Å². The number of nitrogens with zero attached hydrogens (tertiary/aromatic N) is 1. The van der Waals surface area contributed by atoms with Crippen LogP contribution >= 0.6 is 0 Å². The number of rotatable bonds is 4. The van der Waals surface area contributed by atoms with Crippen molar-refractivity contribution in [1.82, 2.24) is 4.98 Å². The zero-order valence-electron chi connectivity index (χ0n) is 11.0. The third-order valence-corrected chi connectivity index (χ3v) is 2.72. The molecular weight excluding hydrogens is 278 g/mol. The van der Waals surface area contributed by atoms with E-state index in [1.165, 1.54) is 43.8 Å². The molecule has 0 radical (unpaired) electrons. The maximum atomic E-state index is 12.0. The number of aromatic nitrogens is 1. The SMILES string of the molecule is COc1ccc(NC(=O)c2c[nH]ccc2=O)c([N+](=O)[O-])c1. The van der Waals surface area contributed by atoms with Gasteiger partial charge in [0.15, 0.2) is 5.43 Å². The van der Waals surface area contributed by atoms with E-state index in [4.69, 9.17) is 4.74 Å². The molecule has 108 valence electrons. The molecule has 2 N–H and O–H groups in total. The Morgan fingerprint density at radius 1 is 1.38 bits per heavy atom. The van der Waals surface area contributed by atoms with Crippen LogP contribution in [-0.2, 0) is 0 Å². The van der Waals surface area contributed by atoms with Crippen LogP contribution in [-0.4, -0.2) is 22.9 Å². The second kappa shape index (κ2) is 5.87. The van der Waals surface area contributed by atoms with Crippen LogP contribution in [0.25, 0.3) is 0 Å². The zero-order valence-corrected chi connectivity index (χ0v) is 11.0. The van der Waals surface area contributed by atoms with Crippen molar-refractivity contribution < 1.29 is 14.5 Å². The molecule has 0 atom stereocenters. The highest BCUT2D eigenvalue weighted by atomic mass is 16.6. The summed E-state index contributed by atoms with van der Waals surface area (Å²) in [5, 5.41) is 13.3. The highest BCUT2D eigenvalue weighted by Crippen LogP contribution is 2.29. The van der Waals surface area contributed by atoms with Gasteiger partial charge in [-0.25, -0.2) is 0 Å². The fraction of sp³-hybridized carbons (Fsp3) is 0.0769. The first-order valence-corrected chi connectivity index (χ1v) is 5.84. The van der Waals surface area contributed by atoms with Gasteiger partial charge in [0.1, 0.15) is 17.0 Å². The second-order valence-electron chi connectivity index (χ2n) is 4.02. The number of carbonyl (C=O) groups excluding carboxylic acids is 1. The Balaban J connectivity index is 2.36. The van der Waals surface area contributed by atoms with Crippen LogP contribution < -0.4 is 15.5 Å². The number of nitro benzene ring substituents is 1. The lowest BCUT2D eigenvalue weighted by molar-refractivity contribution is -0.384. The zero-order chi connectivity index (χ0) is 15.4. The summed E-state index contributed by atoms with van der Waals surface area (Å²) in [4.78, 5) is 36.5. The van der Waals surface area contributed by atoms with E-state index in [-0.39, 0.29) is 22.7 Å². The van der Waals surface area contributed by atoms with E-state index in [9.17, 15) is 19.7 Å². The maximum Gasteiger partial charge on any atom is 0.296 e. The number of H-pyrrole nitrogens is 1. The molecule has 0 aliphatic rings. The average molecular weight is 289 g/mol. The number of carbonyl (C=O) groups is 1. The molecule has 0 aliphatic heterocycles. The summed E-state index contributed by atoms with van der Waals surface area (Å²) in [6, 6.07) is 5.19. The molecule has 8 heteroatoms. The Labute approximate surface area is 118 Å². The summed E-state index contributed by atoms with van der Waals surface area (Å²) in [6.45, 7) is 0. The molecule has 1 aromatic heterocycles. The van der Waals surface area contributed by atoms with Crippen molar-refractivity contribution in [3.63, 3.8) is 0 Å². The predicted octanol–water partition coefficient (Wildman–Crippen LogP) is 1.54. The van der Waals surface area contributed by atoms with E-state index in [0.717, 1.165) is 0 Å². The monoisotopic (exact) mass is 289 g/mol. The normalized spacial score (nSPS) is 9.95. The third-order valence-electron chi connectivity index (χ3n) is 2.72. The summed E-state index contributed by atoms with van der Waals surface area (Å²) in [5.74, 6) is -0.442. The predicted molar refractivity (Wildman–Crippen MR) is 74.7 cm³/mol. The fourth-order valence-electron chi connectivity index (χ4n) is 1.68. The maximum absolute atomic E-state index is 12.0. The first kappa shape index (κ1) is 14.3. The first-order valence-electron chi connectivity index (χ1n) is 5.84. The second-order valence-corrected chi connectivity index (χ2v) is 4.02. The Kier molecular flexibility index (Phi) is 3.98. The van der Waals surface area contributed by atoms with Crippen LogP contribution in [0.5, 0.6) is 5.75 Å². The van der Waals surface area contributed by atoms with Gasteiger partial charge < -0.3 is 15.0 Å². The van der Waals surface area contributed by atoms with Gasteiger partial charge in [0.05, 0.1) is 18.1 Å². The van der Waals surface area contributed by atoms with E-state index in [0.29, 0.717) is 0 Å². The van der Waals surface area contributed by atoms with Crippen LogP contribution in [0.2, 0.25) is 0 Å². The number of hydrogen-bond acceptors (Lipinski definition) is 5. The molecule has 0 saturated carbocycles. The Bertz CT molecular complexity index is 753. The van der Waals surface area contributed by atoms with E-state index >= 15 is 0 Å². The van der Waals surface area contributed by atoms with Crippen LogP contribution in [0.3, 0.4) is 0 Å². The topological polar surface area (TPSA) is 114 Å². The van der Waals surface area contributed by atoms with Crippen molar-refractivity contribution in [3.05, 3.63) is 62.6 Å². The van der Waals surface area contributed by atoms with Gasteiger partial charge in [-0.1, -0.05) is 0 Å². The molecule has 21 heavy (non-hydrogen) atoms. The Morgan fingerprint density at radius 2 is 2.14 bits per heavy atom. The number of pyridine rings is 1. The van der Waals surface area contributed by atoms with E-state index in [2.05, 4.69) is 10.3 Å². The van der Waals surface area contributed by atoms with Crippen molar-refractivity contribution in [1.29, 1.82) is 0 Å². The van der Waals surface area contributed by atoms with E-state index in [1.807, 2.05) is 0 Å². The van der Waals surface area contributed by atoms with Crippen LogP contribution in [0.4, 0.5) is 11.4 Å². The summed E-state index contributed by atoms with van der Waals surface area (Å²) in [5.41, 5.74) is -0.964. The highest BCUT2D eigenvalue weighted by Gasteiger charge is 2.19. The molecule has 2 aromatic rings. The number of amides is 1. The number of nitrogens with one attached hydrogen (secondary N) is 2. The lowest BCUT2D eigenvalue weighted by atomic mass is 10.2. The van der Waals surface area contributed by atoms with Crippen molar-refractivity contribution >= 4 is 17.3 Å². The van der Waals surface area contributed by atoms with Crippen LogP contribution in [0.1, 0.15) is 10.4 Å². The summed E-state index contributed by atoms with van der Waals surface area (Å²) < 4.78 is 4.90. The lowest BCUT2D eigenvalue weighted by Gasteiger charge is -2.07. The number of benzene rings is 1. The molecule has 8 nitrogen and oxygen atoms in total. The number of aromatic amines is 1. The smallest absolute Gasteiger partial charge is 0.296 e. The largest absolute Gasteiger partial charge is 0.496 e. The molecule has 0 bridgehead atoms. The minimum absolute atomic E-state index is 0.0194. The molecule has 0 spiro atoms. The Hall–Kier alpha value is -3.16. The van der Waals surface area contributed by atoms with Crippen LogP contribution in [0.15, 0.2) is 41.5 Å². The van der Waals surface area contributed by atoms with Crippen LogP contribution in [0, 0.1) is 10.1 Å². The van der Waals surface area contributed by atoms with E-state index < -0.39 is 16.3 Å². The number of nitro groups is 1. The van der Waals surface area contributed by atoms with Gasteiger partial charge in [0.25, 0.3) is 11.6 Å². The molecule has 0 saturated heterocycles. The number of ether oxygens (including phenoxy) is 1. The minimum atomic E-state index is -0.731. The molecule has 0 aliphatic carbocycles. The number of methoxy groups -OCH3 is 1. The Morgan fingerprint density at radius 3 is 2.76 bits per heavy atom. The van der Waals surface area contributed by atoms with Gasteiger partial charge in [-0.05, 0) is 12.1 Å². The molecule has 0 fully saturated rings. The molecule has 0 unspecified atom stereocenters. The minimum Gasteiger partial charge on any atom is -0.496 e. The van der Waals surface area contributed by atoms with Crippen molar-refractivity contribution in [2.45, 2.75) is 0 Å². The fourth-order valence-corrected chi connectivity index (χ4v) is 1.68. The lowest BCUT2D eigenvalue weighted by Crippen LogP contribution is -2.21. The average Bonchev–Trinajstić information content (AvgIpc) is 2.47. The van der Waals surface area contributed by atoms with Gasteiger partial charge in [0.2, 0.25) is 0 Å². The molecule has 2 rings (SSSR count). The number of anilines is 1. The van der Waals surface area contributed by atoms with Gasteiger partial charge in [-0.15, -0.1) is 0 Å². The standard InChI is InChI=1S/C13H11N3O5/c1-21-8-2-3-10(11(6-8)16(19)20)15-13(18)9-7-14-5-4-12(9)17/h2-7H,1H3,(H,14,17)(H,15,18). The van der Waals surface area contributed by atoms with Gasteiger partial charge >= 0.3 is 0 Å². The number of hydrogen-bond donors (Lipinski definition) is 2. The van der Waals surface area contributed by atoms with Gasteiger partial charge in [-0.2, -0.15) is 0 Å². The van der Waals surface area contributed by atoms with Gasteiger partial charge in [-0.3, -0.25) is 19.7 Å². The molecular formula is C13H11N3O5. The third kappa shape index (κ3) is 3.06. The summed E-state index contributed by atoms with van der Waals surface area (Å²) in [7, 11) is 1.38. The summed E-state index contributed by atoms with van der Waals surface area (Å²) in [6.07, 6.45) is 2.61. The molecule has 1 aromatic carbocycles. The van der Waals surface area contributed by atoms with Crippen molar-refractivity contribution in [3.8, 4) is 5.75 Å². The molecule has 1 amide bonds. The summed E-state index contributed by atoms with van der Waals surface area (Å²) >= 11 is 0. The highest BCUT2D eigenvalue weighted by molar-refractivity contribution is 6.05. The quantitative estimate of drug-likeness (QED) is 0.654. The molecule has 1 heterocycles. The van der Waals surface area contributed by atoms with E-state index in [1.54, 1.807) is 0 Å². The first-order chi connectivity index (χ1) is 10.0. The van der Waals surface area contributed by atoms with Crippen molar-refractivity contribution in [2.24, 2.45) is 0 Å². The van der Waals surface area contributed by atoms with Crippen molar-refractivity contribution in [2.75, 3.05) is 12.4 Å².